The van der Waals surface area contributed by atoms with Gasteiger partial charge < -0.3 is 18.0 Å². The fourth-order valence-electron chi connectivity index (χ4n) is 0.871. The van der Waals surface area contributed by atoms with Crippen molar-refractivity contribution in [2.24, 2.45) is 0 Å². The number of nitrogens with zero attached hydrogens (tertiary/aromatic N) is 2. The van der Waals surface area contributed by atoms with Gasteiger partial charge in [-0.2, -0.15) is 5.26 Å². The first-order chi connectivity index (χ1) is 6.56. The zero-order valence-electron chi connectivity index (χ0n) is 7.79. The van der Waals surface area contributed by atoms with Crippen LogP contribution in [0.1, 0.15) is 0 Å². The predicted octanol–water partition coefficient (Wildman–Crippen LogP) is -0.748. The van der Waals surface area contributed by atoms with Crippen LogP contribution in [0.25, 0.3) is 0 Å². The topological polar surface area (TPSA) is 50.9 Å². The normalized spacial score (nSPS) is 8.60. The molecule has 0 radical (unpaired) electrons. The van der Waals surface area contributed by atoms with Gasteiger partial charge in [0.15, 0.2) is 6.19 Å². The second-order valence-electron chi connectivity index (χ2n) is 2.34. The number of rotatable bonds is 1. The van der Waals surface area contributed by atoms with Gasteiger partial charge in [-0.05, 0) is 23.4 Å². The van der Waals surface area contributed by atoms with Gasteiger partial charge in [0.1, 0.15) is 5.82 Å². The Bertz CT molecular complexity index is 421. The molecule has 1 aromatic carbocycles. The average molecular weight is 252 g/mol. The number of anilines is 1. The number of nitrogens with one attached hydrogen (secondary N) is 1. The molecular weight excluding hydrogens is 248 g/mol. The van der Waals surface area contributed by atoms with Crippen molar-refractivity contribution < 1.29 is 33.9 Å². The Labute approximate surface area is 119 Å². The zero-order valence-corrected chi connectivity index (χ0v) is 11.4. The van der Waals surface area contributed by atoms with Crippen LogP contribution in [0.4, 0.5) is 10.1 Å². The van der Waals surface area contributed by atoms with Crippen LogP contribution in [-0.2, 0) is 12.6 Å². The molecule has 72 valence electrons. The van der Waals surface area contributed by atoms with Gasteiger partial charge in [0.05, 0.1) is 10.7 Å². The third-order valence-corrected chi connectivity index (χ3v) is 1.94. The standard InChI is InChI=1S/C8H5ClFN3S.Na/c9-6-3-5(10)1-2-7(6)13(4-11)8(12)14;/h1-3H,(H2,12,14);/q;+1/p-1. The minimum absolute atomic E-state index is 0. The fourth-order valence-corrected chi connectivity index (χ4v) is 1.26. The van der Waals surface area contributed by atoms with Crippen molar-refractivity contribution in [3.05, 3.63) is 29.0 Å². The van der Waals surface area contributed by atoms with E-state index >= 15 is 0 Å². The van der Waals surface area contributed by atoms with E-state index in [1.54, 1.807) is 6.19 Å². The molecule has 3 nitrogen and oxygen atoms in total. The summed E-state index contributed by atoms with van der Waals surface area (Å²) in [4.78, 5) is 0.830. The number of hydrogen-bond donors (Lipinski definition) is 1. The predicted molar refractivity (Wildman–Crippen MR) is 54.6 cm³/mol. The van der Waals surface area contributed by atoms with E-state index in [4.69, 9.17) is 22.3 Å². The Morgan fingerprint density at radius 1 is 1.60 bits per heavy atom. The van der Waals surface area contributed by atoms with Gasteiger partial charge in [0.2, 0.25) is 0 Å². The SMILES string of the molecule is N#CN(C(=N)[S-])c1ccc(F)cc1Cl.[Na+]. The first-order valence-corrected chi connectivity index (χ1v) is 4.25. The van der Waals surface area contributed by atoms with Crippen LogP contribution in [0.5, 0.6) is 0 Å². The third-order valence-electron chi connectivity index (χ3n) is 1.45. The summed E-state index contributed by atoms with van der Waals surface area (Å²) in [6.07, 6.45) is 1.68. The summed E-state index contributed by atoms with van der Waals surface area (Å²) in [7, 11) is 0. The molecule has 0 spiro atoms. The van der Waals surface area contributed by atoms with Crippen LogP contribution in [-0.4, -0.2) is 5.17 Å². The van der Waals surface area contributed by atoms with Crippen LogP contribution in [0, 0.1) is 22.7 Å². The number of amidine groups is 1. The Morgan fingerprint density at radius 2 is 2.20 bits per heavy atom. The molecule has 1 N–H and O–H groups in total. The van der Waals surface area contributed by atoms with Gasteiger partial charge in [-0.15, -0.1) is 0 Å². The summed E-state index contributed by atoms with van der Waals surface area (Å²) in [5.41, 5.74) is 0.204. The van der Waals surface area contributed by atoms with Crippen LogP contribution in [0.3, 0.4) is 0 Å². The molecule has 1 rings (SSSR count). The Kier molecular flexibility index (Phi) is 6.10. The van der Waals surface area contributed by atoms with Crippen molar-refractivity contribution in [3.63, 3.8) is 0 Å². The first kappa shape index (κ1) is 14.6. The van der Waals surface area contributed by atoms with Gasteiger partial charge in [-0.1, -0.05) is 11.6 Å². The van der Waals surface area contributed by atoms with Crippen molar-refractivity contribution in [1.29, 1.82) is 10.7 Å². The molecule has 0 unspecified atom stereocenters. The van der Waals surface area contributed by atoms with Gasteiger partial charge in [-0.3, -0.25) is 4.90 Å². The third kappa shape index (κ3) is 3.59. The molecule has 0 atom stereocenters. The molecule has 0 amide bonds. The van der Waals surface area contributed by atoms with Crippen molar-refractivity contribution in [2.75, 3.05) is 4.90 Å². The average Bonchev–Trinajstić information content (AvgIpc) is 2.09. The Morgan fingerprint density at radius 3 is 2.60 bits per heavy atom. The summed E-state index contributed by atoms with van der Waals surface area (Å²) in [5, 5.41) is 15.4. The number of benzene rings is 1. The second kappa shape index (κ2) is 6.26. The van der Waals surface area contributed by atoms with Crippen molar-refractivity contribution in [2.45, 2.75) is 0 Å². The molecule has 0 fully saturated rings. The molecule has 15 heavy (non-hydrogen) atoms. The van der Waals surface area contributed by atoms with E-state index in [1.807, 2.05) is 0 Å². The number of halogens is 2. The summed E-state index contributed by atoms with van der Waals surface area (Å²) in [6, 6.07) is 3.49. The van der Waals surface area contributed by atoms with E-state index < -0.39 is 5.82 Å². The maximum Gasteiger partial charge on any atom is 1.00 e. The van der Waals surface area contributed by atoms with E-state index in [2.05, 4.69) is 12.6 Å². The van der Waals surface area contributed by atoms with Crippen LogP contribution in [0.15, 0.2) is 18.2 Å². The molecule has 0 saturated carbocycles. The van der Waals surface area contributed by atoms with E-state index in [1.165, 1.54) is 6.07 Å². The van der Waals surface area contributed by atoms with Crippen LogP contribution in [0.2, 0.25) is 5.02 Å². The first-order valence-electron chi connectivity index (χ1n) is 3.46. The molecule has 0 heterocycles. The minimum Gasteiger partial charge on any atom is -0.742 e. The van der Waals surface area contributed by atoms with E-state index in [9.17, 15) is 4.39 Å². The summed E-state index contributed by atoms with van der Waals surface area (Å²) in [5.74, 6) is -0.507. The quantitative estimate of drug-likeness (QED) is 0.179. The maximum atomic E-state index is 12.7. The summed E-state index contributed by atoms with van der Waals surface area (Å²) >= 11 is 10.2. The Balaban J connectivity index is 0.00000196. The molecule has 0 saturated heterocycles. The molecule has 0 aliphatic heterocycles. The van der Waals surface area contributed by atoms with Gasteiger partial charge in [-0.25, -0.2) is 4.39 Å². The van der Waals surface area contributed by atoms with Crippen LogP contribution >= 0.6 is 11.6 Å². The van der Waals surface area contributed by atoms with Gasteiger partial charge >= 0.3 is 29.6 Å². The maximum absolute atomic E-state index is 12.7. The zero-order chi connectivity index (χ0) is 10.7. The van der Waals surface area contributed by atoms with Gasteiger partial charge in [0.25, 0.3) is 0 Å². The molecule has 0 aliphatic rings. The van der Waals surface area contributed by atoms with Crippen molar-refractivity contribution >= 4 is 35.1 Å². The molecule has 1 aromatic rings. The van der Waals surface area contributed by atoms with Crippen molar-refractivity contribution in [3.8, 4) is 6.19 Å². The number of nitriles is 1. The van der Waals surface area contributed by atoms with E-state index in [0.717, 1.165) is 17.0 Å². The summed E-state index contributed by atoms with van der Waals surface area (Å²) < 4.78 is 12.7. The molecular formula is C8H4ClFN3NaS. The van der Waals surface area contributed by atoms with E-state index in [0.29, 0.717) is 0 Å². The fraction of sp³-hybridized carbons (Fsp3) is 0. The Hall–Kier alpha value is -0.380. The molecule has 0 aliphatic carbocycles. The largest absolute Gasteiger partial charge is 1.00 e. The number of hydrogen-bond acceptors (Lipinski definition) is 3. The molecule has 7 heteroatoms. The molecule has 0 aromatic heterocycles. The minimum atomic E-state index is -0.507. The monoisotopic (exact) mass is 251 g/mol. The smallest absolute Gasteiger partial charge is 0.742 e. The van der Waals surface area contributed by atoms with Crippen LogP contribution < -0.4 is 34.5 Å². The van der Waals surface area contributed by atoms with Gasteiger partial charge in [0, 0.05) is 0 Å². The van der Waals surface area contributed by atoms with Crippen molar-refractivity contribution in [1.82, 2.24) is 0 Å². The second-order valence-corrected chi connectivity index (χ2v) is 3.13. The molecule has 0 bridgehead atoms. The van der Waals surface area contributed by atoms with E-state index in [-0.39, 0.29) is 45.4 Å². The summed E-state index contributed by atoms with van der Waals surface area (Å²) in [6.45, 7) is 0.